The van der Waals surface area contributed by atoms with Gasteiger partial charge in [0.15, 0.2) is 0 Å². The van der Waals surface area contributed by atoms with Crippen LogP contribution in [0.3, 0.4) is 0 Å². The molecule has 1 aromatic rings. The lowest BCUT2D eigenvalue weighted by Gasteiger charge is -1.99. The van der Waals surface area contributed by atoms with Crippen LogP contribution in [-0.2, 0) is 0 Å². The van der Waals surface area contributed by atoms with Crippen LogP contribution < -0.4 is 0 Å². The quantitative estimate of drug-likeness (QED) is 0.583. The van der Waals surface area contributed by atoms with Crippen molar-refractivity contribution in [2.24, 2.45) is 0 Å². The second-order valence-corrected chi connectivity index (χ2v) is 3.42. The van der Waals surface area contributed by atoms with Gasteiger partial charge in [-0.3, -0.25) is 4.79 Å². The minimum atomic E-state index is -1.66. The Bertz CT molecular complexity index is 301. The van der Waals surface area contributed by atoms with Gasteiger partial charge < -0.3 is 0 Å². The van der Waals surface area contributed by atoms with Gasteiger partial charge in [-0.1, -0.05) is 23.7 Å². The number of halogens is 3. The van der Waals surface area contributed by atoms with Gasteiger partial charge in [0.1, 0.15) is 0 Å². The first-order valence-corrected chi connectivity index (χ1v) is 4.48. The fraction of sp³-hybridized carbons (Fsp3) is 0.125. The van der Waals surface area contributed by atoms with Crippen molar-refractivity contribution in [2.45, 2.75) is 5.08 Å². The zero-order valence-electron chi connectivity index (χ0n) is 5.93. The highest BCUT2D eigenvalue weighted by molar-refractivity contribution is 9.09. The highest BCUT2D eigenvalue weighted by Gasteiger charge is 2.14. The molecule has 0 spiro atoms. The third-order valence-corrected chi connectivity index (χ3v) is 1.96. The topological polar surface area (TPSA) is 17.1 Å². The van der Waals surface area contributed by atoms with Gasteiger partial charge in [0, 0.05) is 10.6 Å². The minimum Gasteiger partial charge on any atom is -0.290 e. The van der Waals surface area contributed by atoms with E-state index in [0.29, 0.717) is 5.02 Å². The molecule has 0 aromatic heterocycles. The molecule has 12 heavy (non-hydrogen) atoms. The molecule has 1 atom stereocenters. The first kappa shape index (κ1) is 9.68. The van der Waals surface area contributed by atoms with E-state index >= 15 is 0 Å². The Morgan fingerprint density at radius 3 is 2.75 bits per heavy atom. The van der Waals surface area contributed by atoms with Crippen LogP contribution >= 0.6 is 27.5 Å². The van der Waals surface area contributed by atoms with Gasteiger partial charge in [0.25, 0.3) is 0 Å². The van der Waals surface area contributed by atoms with Gasteiger partial charge in [0.05, 0.1) is 0 Å². The number of Topliss-reactive ketones (excluding diaryl/α,β-unsaturated/α-hetero) is 1. The van der Waals surface area contributed by atoms with E-state index < -0.39 is 10.9 Å². The Morgan fingerprint density at radius 1 is 1.58 bits per heavy atom. The average Bonchev–Trinajstić information content (AvgIpc) is 2.03. The van der Waals surface area contributed by atoms with Gasteiger partial charge in [0.2, 0.25) is 10.9 Å². The van der Waals surface area contributed by atoms with Crippen LogP contribution in [0.1, 0.15) is 10.4 Å². The molecule has 0 aliphatic rings. The number of rotatable bonds is 2. The predicted molar refractivity (Wildman–Crippen MR) is 49.6 cm³/mol. The molecule has 64 valence electrons. The summed E-state index contributed by atoms with van der Waals surface area (Å²) in [6.07, 6.45) is 0. The molecule has 1 unspecified atom stereocenters. The molecule has 1 nitrogen and oxygen atoms in total. The molecular weight excluding hydrogens is 246 g/mol. The summed E-state index contributed by atoms with van der Waals surface area (Å²) in [5, 5.41) is -1.23. The number of carbonyl (C=O) groups excluding carboxylic acids is 1. The largest absolute Gasteiger partial charge is 0.290 e. The third kappa shape index (κ3) is 2.29. The highest BCUT2D eigenvalue weighted by atomic mass is 79.9. The molecule has 0 bridgehead atoms. The van der Waals surface area contributed by atoms with Crippen molar-refractivity contribution in [3.05, 3.63) is 34.9 Å². The van der Waals surface area contributed by atoms with E-state index in [1.165, 1.54) is 12.1 Å². The summed E-state index contributed by atoms with van der Waals surface area (Å²) < 4.78 is 12.4. The first-order valence-electron chi connectivity index (χ1n) is 3.19. The number of hydrogen-bond acceptors (Lipinski definition) is 1. The first-order chi connectivity index (χ1) is 5.61. The second-order valence-electron chi connectivity index (χ2n) is 2.18. The zero-order chi connectivity index (χ0) is 9.14. The summed E-state index contributed by atoms with van der Waals surface area (Å²) in [7, 11) is 0. The van der Waals surface area contributed by atoms with Crippen LogP contribution in [0.4, 0.5) is 4.39 Å². The summed E-state index contributed by atoms with van der Waals surface area (Å²) in [6.45, 7) is 0. The Morgan fingerprint density at radius 2 is 2.25 bits per heavy atom. The number of ketones is 1. The van der Waals surface area contributed by atoms with Gasteiger partial charge in [-0.2, -0.15) is 0 Å². The minimum absolute atomic E-state index is 0.270. The fourth-order valence-corrected chi connectivity index (χ4v) is 1.22. The lowest BCUT2D eigenvalue weighted by Crippen LogP contribution is -2.07. The molecule has 0 fully saturated rings. The molecule has 0 saturated carbocycles. The molecule has 0 N–H and O–H groups in total. The highest BCUT2D eigenvalue weighted by Crippen LogP contribution is 2.15. The van der Waals surface area contributed by atoms with Crippen LogP contribution in [0, 0.1) is 0 Å². The lowest BCUT2D eigenvalue weighted by atomic mass is 10.1. The number of benzene rings is 1. The van der Waals surface area contributed by atoms with E-state index in [4.69, 9.17) is 11.6 Å². The van der Waals surface area contributed by atoms with Gasteiger partial charge in [-0.15, -0.1) is 0 Å². The smallest absolute Gasteiger partial charge is 0.217 e. The van der Waals surface area contributed by atoms with Crippen LogP contribution in [0.5, 0.6) is 0 Å². The zero-order valence-corrected chi connectivity index (χ0v) is 8.27. The van der Waals surface area contributed by atoms with Crippen molar-refractivity contribution in [1.29, 1.82) is 0 Å². The number of carbonyl (C=O) groups is 1. The van der Waals surface area contributed by atoms with E-state index in [-0.39, 0.29) is 5.56 Å². The number of hydrogen-bond donors (Lipinski definition) is 0. The molecule has 1 aromatic carbocycles. The van der Waals surface area contributed by atoms with Gasteiger partial charge in [-0.25, -0.2) is 4.39 Å². The van der Waals surface area contributed by atoms with Crippen molar-refractivity contribution in [1.82, 2.24) is 0 Å². The monoisotopic (exact) mass is 250 g/mol. The van der Waals surface area contributed by atoms with Crippen molar-refractivity contribution < 1.29 is 9.18 Å². The average molecular weight is 251 g/mol. The second kappa shape index (κ2) is 4.01. The molecular formula is C8H5BrClFO. The summed E-state index contributed by atoms with van der Waals surface area (Å²) in [5.74, 6) is -0.613. The van der Waals surface area contributed by atoms with Crippen LogP contribution in [0.2, 0.25) is 5.02 Å². The molecule has 1 rings (SSSR count). The molecule has 0 radical (unpaired) electrons. The maximum absolute atomic E-state index is 12.4. The summed E-state index contributed by atoms with van der Waals surface area (Å²) in [5.41, 5.74) is 0.270. The van der Waals surface area contributed by atoms with Crippen LogP contribution in [-0.4, -0.2) is 10.9 Å². The summed E-state index contributed by atoms with van der Waals surface area (Å²) in [6, 6.07) is 6.17. The molecule has 0 saturated heterocycles. The van der Waals surface area contributed by atoms with Crippen molar-refractivity contribution in [2.75, 3.05) is 0 Å². The van der Waals surface area contributed by atoms with E-state index in [9.17, 15) is 9.18 Å². The summed E-state index contributed by atoms with van der Waals surface area (Å²) >= 11 is 8.15. The van der Waals surface area contributed by atoms with Crippen molar-refractivity contribution >= 4 is 33.3 Å². The standard InChI is InChI=1S/C8H5BrClFO/c9-8(11)7(12)5-2-1-3-6(10)4-5/h1-4,8H. The van der Waals surface area contributed by atoms with Crippen molar-refractivity contribution in [3.8, 4) is 0 Å². The van der Waals surface area contributed by atoms with Gasteiger partial charge >= 0.3 is 0 Å². The SMILES string of the molecule is O=C(c1cccc(Cl)c1)C(F)Br. The molecule has 0 aliphatic carbocycles. The molecule has 0 amide bonds. The molecule has 4 heteroatoms. The predicted octanol–water partition coefficient (Wildman–Crippen LogP) is 3.21. The Labute approximate surface area is 82.7 Å². The Kier molecular flexibility index (Phi) is 3.23. The van der Waals surface area contributed by atoms with Gasteiger partial charge in [-0.05, 0) is 28.1 Å². The fourth-order valence-electron chi connectivity index (χ4n) is 0.768. The molecule has 0 heterocycles. The molecule has 0 aliphatic heterocycles. The third-order valence-electron chi connectivity index (χ3n) is 1.31. The summed E-state index contributed by atoms with van der Waals surface area (Å²) in [4.78, 5) is 11.0. The van der Waals surface area contributed by atoms with Crippen LogP contribution in [0.15, 0.2) is 24.3 Å². The van der Waals surface area contributed by atoms with Crippen molar-refractivity contribution in [3.63, 3.8) is 0 Å². The Balaban J connectivity index is 2.96. The van der Waals surface area contributed by atoms with E-state index in [2.05, 4.69) is 15.9 Å². The van der Waals surface area contributed by atoms with E-state index in [1.54, 1.807) is 12.1 Å². The normalized spacial score (nSPS) is 12.6. The maximum atomic E-state index is 12.4. The van der Waals surface area contributed by atoms with E-state index in [0.717, 1.165) is 0 Å². The maximum Gasteiger partial charge on any atom is 0.217 e. The lowest BCUT2D eigenvalue weighted by molar-refractivity contribution is 0.0942. The van der Waals surface area contributed by atoms with E-state index in [1.807, 2.05) is 0 Å². The van der Waals surface area contributed by atoms with Crippen LogP contribution in [0.25, 0.3) is 0 Å². The number of alkyl halides is 2. The Hall–Kier alpha value is -0.410.